The van der Waals surface area contributed by atoms with E-state index in [1.54, 1.807) is 39.4 Å². The molecule has 0 saturated carbocycles. The van der Waals surface area contributed by atoms with Gasteiger partial charge in [0.1, 0.15) is 23.6 Å². The SMILES string of the molecule is CC(C)(C)OC(=O)N[C@@H](Cc1cc(F)cc(F)c1)c1ncncc1-c1cnc2[nH]ncc2c1. The predicted octanol–water partition coefficient (Wildman–Crippen LogP) is 4.50. The summed E-state index contributed by atoms with van der Waals surface area (Å²) < 4.78 is 33.1. The van der Waals surface area contributed by atoms with Crippen molar-refractivity contribution in [3.63, 3.8) is 0 Å². The van der Waals surface area contributed by atoms with E-state index < -0.39 is 29.4 Å². The van der Waals surface area contributed by atoms with Gasteiger partial charge in [0.25, 0.3) is 0 Å². The molecule has 4 rings (SSSR count). The fraction of sp³-hybridized carbons (Fsp3) is 0.261. The van der Waals surface area contributed by atoms with Gasteiger partial charge in [-0.15, -0.1) is 0 Å². The lowest BCUT2D eigenvalue weighted by Crippen LogP contribution is -2.36. The number of halogens is 2. The fourth-order valence-electron chi connectivity index (χ4n) is 3.45. The molecule has 0 bridgehead atoms. The van der Waals surface area contributed by atoms with Crippen LogP contribution in [0.5, 0.6) is 0 Å². The number of amides is 1. The number of alkyl carbamates (subject to hydrolysis) is 1. The van der Waals surface area contributed by atoms with E-state index in [1.165, 1.54) is 18.5 Å². The Kier molecular flexibility index (Phi) is 5.99. The largest absolute Gasteiger partial charge is 0.444 e. The summed E-state index contributed by atoms with van der Waals surface area (Å²) in [6.45, 7) is 5.22. The van der Waals surface area contributed by atoms with E-state index in [2.05, 4.69) is 30.5 Å². The number of nitrogens with one attached hydrogen (secondary N) is 2. The molecule has 10 heteroatoms. The highest BCUT2D eigenvalue weighted by Gasteiger charge is 2.25. The summed E-state index contributed by atoms with van der Waals surface area (Å²) in [7, 11) is 0. The number of rotatable bonds is 5. The number of ether oxygens (including phenoxy) is 1. The minimum absolute atomic E-state index is 0.0688. The number of H-pyrrole nitrogens is 1. The summed E-state index contributed by atoms with van der Waals surface area (Å²) in [4.78, 5) is 25.5. The Morgan fingerprint density at radius 2 is 1.85 bits per heavy atom. The number of hydrogen-bond acceptors (Lipinski definition) is 6. The average Bonchev–Trinajstić information content (AvgIpc) is 3.19. The van der Waals surface area contributed by atoms with Crippen molar-refractivity contribution in [2.45, 2.75) is 38.8 Å². The molecule has 2 N–H and O–H groups in total. The molecule has 170 valence electrons. The number of aromatic amines is 1. The van der Waals surface area contributed by atoms with Crippen LogP contribution in [0.15, 0.2) is 49.2 Å². The summed E-state index contributed by atoms with van der Waals surface area (Å²) >= 11 is 0. The Morgan fingerprint density at radius 1 is 1.09 bits per heavy atom. The topological polar surface area (TPSA) is 106 Å². The zero-order valence-corrected chi connectivity index (χ0v) is 18.3. The van der Waals surface area contributed by atoms with Gasteiger partial charge in [-0.05, 0) is 51.0 Å². The van der Waals surface area contributed by atoms with Crippen LogP contribution in [-0.2, 0) is 11.2 Å². The zero-order chi connectivity index (χ0) is 23.6. The minimum atomic E-state index is -0.765. The molecule has 3 aromatic heterocycles. The predicted molar refractivity (Wildman–Crippen MR) is 117 cm³/mol. The van der Waals surface area contributed by atoms with E-state index in [0.717, 1.165) is 11.5 Å². The highest BCUT2D eigenvalue weighted by Crippen LogP contribution is 2.29. The molecule has 0 aliphatic rings. The van der Waals surface area contributed by atoms with E-state index in [4.69, 9.17) is 4.74 Å². The number of benzene rings is 1. The van der Waals surface area contributed by atoms with Crippen LogP contribution in [0.3, 0.4) is 0 Å². The third kappa shape index (κ3) is 5.46. The Hall–Kier alpha value is -3.95. The van der Waals surface area contributed by atoms with Crippen molar-refractivity contribution in [3.05, 3.63) is 72.1 Å². The molecule has 1 atom stereocenters. The molecular weight excluding hydrogens is 430 g/mol. The third-order valence-electron chi connectivity index (χ3n) is 4.73. The van der Waals surface area contributed by atoms with E-state index in [9.17, 15) is 13.6 Å². The lowest BCUT2D eigenvalue weighted by molar-refractivity contribution is 0.0502. The second kappa shape index (κ2) is 8.89. The quantitative estimate of drug-likeness (QED) is 0.462. The van der Waals surface area contributed by atoms with E-state index in [-0.39, 0.29) is 6.42 Å². The number of carbonyl (C=O) groups excluding carboxylic acids is 1. The fourth-order valence-corrected chi connectivity index (χ4v) is 3.45. The first kappa shape index (κ1) is 22.3. The van der Waals surface area contributed by atoms with Gasteiger partial charge < -0.3 is 10.1 Å². The second-order valence-corrected chi connectivity index (χ2v) is 8.53. The van der Waals surface area contributed by atoms with Gasteiger partial charge in [0.2, 0.25) is 0 Å². The lowest BCUT2D eigenvalue weighted by Gasteiger charge is -2.24. The van der Waals surface area contributed by atoms with Gasteiger partial charge in [0.05, 0.1) is 17.9 Å². The minimum Gasteiger partial charge on any atom is -0.444 e. The standard InChI is InChI=1S/C23H22F2N6O2/c1-23(2,3)33-22(32)30-19(6-13-4-16(24)8-17(25)5-13)20-18(11-26-12-28-20)14-7-15-10-29-31-21(15)27-9-14/h4-5,7-12,19H,6H2,1-3H3,(H,30,32)(H,27,29,31)/t19-/m0/s1. The first-order valence-corrected chi connectivity index (χ1v) is 10.2. The molecule has 0 aliphatic heterocycles. The van der Waals surface area contributed by atoms with Gasteiger partial charge in [-0.2, -0.15) is 5.10 Å². The molecular formula is C23H22F2N6O2. The maximum absolute atomic E-state index is 13.8. The van der Waals surface area contributed by atoms with Crippen molar-refractivity contribution in [2.75, 3.05) is 0 Å². The van der Waals surface area contributed by atoms with Crippen LogP contribution in [0.4, 0.5) is 13.6 Å². The molecule has 0 saturated heterocycles. The molecule has 0 fully saturated rings. The van der Waals surface area contributed by atoms with Crippen LogP contribution in [0.1, 0.15) is 38.1 Å². The van der Waals surface area contributed by atoms with Crippen molar-refractivity contribution >= 4 is 17.1 Å². The number of aromatic nitrogens is 5. The summed E-state index contributed by atoms with van der Waals surface area (Å²) in [5, 5.41) is 10.3. The molecule has 0 spiro atoms. The normalized spacial score (nSPS) is 12.5. The molecule has 1 amide bonds. The molecule has 0 unspecified atom stereocenters. The summed E-state index contributed by atoms with van der Waals surface area (Å²) in [5.41, 5.74) is 1.99. The lowest BCUT2D eigenvalue weighted by atomic mass is 9.97. The van der Waals surface area contributed by atoms with Gasteiger partial charge in [-0.1, -0.05) is 0 Å². The highest BCUT2D eigenvalue weighted by molar-refractivity contribution is 5.81. The third-order valence-corrected chi connectivity index (χ3v) is 4.73. The van der Waals surface area contributed by atoms with Crippen LogP contribution in [-0.4, -0.2) is 36.8 Å². The summed E-state index contributed by atoms with van der Waals surface area (Å²) in [6.07, 6.45) is 5.60. The van der Waals surface area contributed by atoms with Crippen LogP contribution in [0.25, 0.3) is 22.2 Å². The van der Waals surface area contributed by atoms with Crippen molar-refractivity contribution in [1.29, 1.82) is 0 Å². The van der Waals surface area contributed by atoms with Gasteiger partial charge in [0.15, 0.2) is 5.65 Å². The zero-order valence-electron chi connectivity index (χ0n) is 18.3. The first-order valence-electron chi connectivity index (χ1n) is 10.2. The molecule has 0 aliphatic carbocycles. The van der Waals surface area contributed by atoms with Crippen molar-refractivity contribution in [3.8, 4) is 11.1 Å². The Labute approximate surface area is 188 Å². The van der Waals surface area contributed by atoms with Crippen LogP contribution in [0, 0.1) is 11.6 Å². The van der Waals surface area contributed by atoms with E-state index >= 15 is 0 Å². The summed E-state index contributed by atoms with van der Waals surface area (Å²) in [6, 6.07) is 4.32. The number of pyridine rings is 1. The first-order chi connectivity index (χ1) is 15.7. The van der Waals surface area contributed by atoms with Crippen molar-refractivity contribution in [1.82, 2.24) is 30.5 Å². The Balaban J connectivity index is 1.75. The van der Waals surface area contributed by atoms with Crippen molar-refractivity contribution in [2.24, 2.45) is 0 Å². The number of carbonyl (C=O) groups is 1. The van der Waals surface area contributed by atoms with E-state index in [1.807, 2.05) is 6.07 Å². The molecule has 3 heterocycles. The maximum atomic E-state index is 13.8. The second-order valence-electron chi connectivity index (χ2n) is 8.53. The van der Waals surface area contributed by atoms with Gasteiger partial charge in [-0.3, -0.25) is 5.10 Å². The highest BCUT2D eigenvalue weighted by atomic mass is 19.1. The monoisotopic (exact) mass is 452 g/mol. The van der Waals surface area contributed by atoms with E-state index in [0.29, 0.717) is 28.0 Å². The van der Waals surface area contributed by atoms with Gasteiger partial charge in [-0.25, -0.2) is 28.5 Å². The molecule has 8 nitrogen and oxygen atoms in total. The van der Waals surface area contributed by atoms with Gasteiger partial charge >= 0.3 is 6.09 Å². The van der Waals surface area contributed by atoms with Gasteiger partial charge in [0, 0.05) is 35.0 Å². The summed E-state index contributed by atoms with van der Waals surface area (Å²) in [5.74, 6) is -1.42. The van der Waals surface area contributed by atoms with Crippen LogP contribution >= 0.6 is 0 Å². The smallest absolute Gasteiger partial charge is 0.408 e. The van der Waals surface area contributed by atoms with Crippen LogP contribution < -0.4 is 5.32 Å². The molecule has 0 radical (unpaired) electrons. The molecule has 4 aromatic rings. The number of hydrogen-bond donors (Lipinski definition) is 2. The number of nitrogens with zero attached hydrogens (tertiary/aromatic N) is 4. The Morgan fingerprint density at radius 3 is 2.58 bits per heavy atom. The molecule has 33 heavy (non-hydrogen) atoms. The maximum Gasteiger partial charge on any atom is 0.408 e. The van der Waals surface area contributed by atoms with Crippen molar-refractivity contribution < 1.29 is 18.3 Å². The number of fused-ring (bicyclic) bond motifs is 1. The van der Waals surface area contributed by atoms with Crippen LogP contribution in [0.2, 0.25) is 0 Å². The average molecular weight is 452 g/mol. The molecule has 1 aromatic carbocycles. The Bertz CT molecular complexity index is 1280.